The van der Waals surface area contributed by atoms with Gasteiger partial charge in [-0.2, -0.15) is 0 Å². The van der Waals surface area contributed by atoms with Gasteiger partial charge < -0.3 is 14.2 Å². The molecular weight excluding hydrogens is 288 g/mol. The number of unbranched alkanes of at least 4 members (excludes halogenated alkanes) is 10. The lowest BCUT2D eigenvalue weighted by Gasteiger charge is -2.19. The van der Waals surface area contributed by atoms with Crippen molar-refractivity contribution >= 4 is 0 Å². The van der Waals surface area contributed by atoms with E-state index < -0.39 is 0 Å². The van der Waals surface area contributed by atoms with Crippen molar-refractivity contribution in [3.8, 4) is 0 Å². The van der Waals surface area contributed by atoms with Crippen LogP contribution in [0.3, 0.4) is 0 Å². The fourth-order valence-corrected chi connectivity index (χ4v) is 3.06. The standard InChI is InChI=1S/C20H40O3/c1-3-5-7-9-11-13-15-22-19-17-21-18-20(19)23-16-14-12-10-8-6-4-2/h19-20H,3-18H2,1-2H3. The van der Waals surface area contributed by atoms with E-state index in [1.165, 1.54) is 77.0 Å². The molecule has 0 aromatic rings. The zero-order valence-corrected chi connectivity index (χ0v) is 15.7. The minimum atomic E-state index is 0.158. The quantitative estimate of drug-likeness (QED) is 0.350. The first-order chi connectivity index (χ1) is 11.4. The van der Waals surface area contributed by atoms with Gasteiger partial charge in [0.05, 0.1) is 13.2 Å². The molecule has 23 heavy (non-hydrogen) atoms. The lowest BCUT2D eigenvalue weighted by atomic mass is 10.1. The first kappa shape index (κ1) is 20.9. The third-order valence-electron chi connectivity index (χ3n) is 4.64. The summed E-state index contributed by atoms with van der Waals surface area (Å²) in [5.74, 6) is 0. The minimum Gasteiger partial charge on any atom is -0.376 e. The molecule has 0 amide bonds. The Bertz CT molecular complexity index is 221. The van der Waals surface area contributed by atoms with Gasteiger partial charge in [0.15, 0.2) is 0 Å². The first-order valence-corrected chi connectivity index (χ1v) is 10.2. The van der Waals surface area contributed by atoms with Crippen molar-refractivity contribution < 1.29 is 14.2 Å². The summed E-state index contributed by atoms with van der Waals surface area (Å²) in [6.45, 7) is 7.64. The Balaban J connectivity index is 1.94. The summed E-state index contributed by atoms with van der Waals surface area (Å²) >= 11 is 0. The van der Waals surface area contributed by atoms with Crippen LogP contribution in [0.1, 0.15) is 90.9 Å². The van der Waals surface area contributed by atoms with E-state index >= 15 is 0 Å². The van der Waals surface area contributed by atoms with Gasteiger partial charge in [-0.05, 0) is 12.8 Å². The molecule has 1 aliphatic rings. The largest absolute Gasteiger partial charge is 0.376 e. The van der Waals surface area contributed by atoms with E-state index in [0.29, 0.717) is 13.2 Å². The third kappa shape index (κ3) is 11.1. The van der Waals surface area contributed by atoms with E-state index in [4.69, 9.17) is 14.2 Å². The molecule has 0 aliphatic carbocycles. The molecule has 1 fully saturated rings. The summed E-state index contributed by atoms with van der Waals surface area (Å²) < 4.78 is 17.5. The predicted molar refractivity (Wildman–Crippen MR) is 97.1 cm³/mol. The van der Waals surface area contributed by atoms with E-state index in [2.05, 4.69) is 13.8 Å². The van der Waals surface area contributed by atoms with Gasteiger partial charge in [-0.25, -0.2) is 0 Å². The highest BCUT2D eigenvalue weighted by Crippen LogP contribution is 2.16. The van der Waals surface area contributed by atoms with Crippen LogP contribution in [0.2, 0.25) is 0 Å². The Kier molecular flexibility index (Phi) is 14.0. The number of hydrogen-bond acceptors (Lipinski definition) is 3. The molecule has 1 aliphatic heterocycles. The molecule has 0 aromatic heterocycles. The van der Waals surface area contributed by atoms with Gasteiger partial charge >= 0.3 is 0 Å². The molecule has 0 radical (unpaired) electrons. The monoisotopic (exact) mass is 328 g/mol. The molecule has 0 N–H and O–H groups in total. The molecule has 2 unspecified atom stereocenters. The van der Waals surface area contributed by atoms with E-state index in [-0.39, 0.29) is 12.2 Å². The third-order valence-corrected chi connectivity index (χ3v) is 4.64. The van der Waals surface area contributed by atoms with Crippen LogP contribution in [0.5, 0.6) is 0 Å². The molecular formula is C20H40O3. The number of rotatable bonds is 16. The lowest BCUT2D eigenvalue weighted by molar-refractivity contribution is -0.0481. The Morgan fingerprint density at radius 3 is 1.43 bits per heavy atom. The summed E-state index contributed by atoms with van der Waals surface area (Å²) in [5, 5.41) is 0. The SMILES string of the molecule is CCCCCCCCOC1COCC1OCCCCCCCC. The molecule has 1 heterocycles. The lowest BCUT2D eigenvalue weighted by Crippen LogP contribution is -2.30. The average Bonchev–Trinajstić information content (AvgIpc) is 3.00. The fraction of sp³-hybridized carbons (Fsp3) is 1.00. The second-order valence-corrected chi connectivity index (χ2v) is 6.89. The van der Waals surface area contributed by atoms with Gasteiger partial charge in [-0.3, -0.25) is 0 Å². The predicted octanol–water partition coefficient (Wildman–Crippen LogP) is 5.51. The molecule has 3 heteroatoms. The van der Waals surface area contributed by atoms with Crippen molar-refractivity contribution in [2.45, 2.75) is 103 Å². The Labute approximate surface area is 144 Å². The first-order valence-electron chi connectivity index (χ1n) is 10.2. The minimum absolute atomic E-state index is 0.158. The summed E-state index contributed by atoms with van der Waals surface area (Å²) in [4.78, 5) is 0. The van der Waals surface area contributed by atoms with Crippen molar-refractivity contribution in [1.29, 1.82) is 0 Å². The van der Waals surface area contributed by atoms with Gasteiger partial charge in [-0.15, -0.1) is 0 Å². The molecule has 138 valence electrons. The van der Waals surface area contributed by atoms with Crippen molar-refractivity contribution in [3.05, 3.63) is 0 Å². The highest BCUT2D eigenvalue weighted by molar-refractivity contribution is 4.76. The second kappa shape index (κ2) is 15.4. The van der Waals surface area contributed by atoms with Gasteiger partial charge in [0.1, 0.15) is 12.2 Å². The normalized spacial score (nSPS) is 21.1. The highest BCUT2D eigenvalue weighted by Gasteiger charge is 2.29. The van der Waals surface area contributed by atoms with Gasteiger partial charge in [0.25, 0.3) is 0 Å². The second-order valence-electron chi connectivity index (χ2n) is 6.89. The molecule has 0 bridgehead atoms. The van der Waals surface area contributed by atoms with Crippen LogP contribution in [0.25, 0.3) is 0 Å². The average molecular weight is 329 g/mol. The number of hydrogen-bond donors (Lipinski definition) is 0. The van der Waals surface area contributed by atoms with Crippen LogP contribution in [0.4, 0.5) is 0 Å². The van der Waals surface area contributed by atoms with Crippen LogP contribution in [0, 0.1) is 0 Å². The maximum absolute atomic E-state index is 5.98. The van der Waals surface area contributed by atoms with Crippen LogP contribution >= 0.6 is 0 Å². The molecule has 1 saturated heterocycles. The van der Waals surface area contributed by atoms with Gasteiger partial charge in [-0.1, -0.05) is 78.1 Å². The Morgan fingerprint density at radius 2 is 1.00 bits per heavy atom. The van der Waals surface area contributed by atoms with Crippen LogP contribution in [-0.2, 0) is 14.2 Å². The van der Waals surface area contributed by atoms with E-state index in [0.717, 1.165) is 13.2 Å². The van der Waals surface area contributed by atoms with Crippen LogP contribution < -0.4 is 0 Å². The van der Waals surface area contributed by atoms with Crippen molar-refractivity contribution in [2.24, 2.45) is 0 Å². The molecule has 0 spiro atoms. The van der Waals surface area contributed by atoms with Crippen LogP contribution in [0.15, 0.2) is 0 Å². The summed E-state index contributed by atoms with van der Waals surface area (Å²) in [5.41, 5.74) is 0. The zero-order valence-electron chi connectivity index (χ0n) is 15.7. The van der Waals surface area contributed by atoms with Crippen LogP contribution in [-0.4, -0.2) is 38.6 Å². The maximum Gasteiger partial charge on any atom is 0.109 e. The molecule has 0 saturated carbocycles. The summed E-state index contributed by atoms with van der Waals surface area (Å²) in [6, 6.07) is 0. The number of ether oxygens (including phenoxy) is 3. The van der Waals surface area contributed by atoms with E-state index in [9.17, 15) is 0 Å². The van der Waals surface area contributed by atoms with E-state index in [1.807, 2.05) is 0 Å². The van der Waals surface area contributed by atoms with E-state index in [1.54, 1.807) is 0 Å². The molecule has 0 aromatic carbocycles. The summed E-state index contributed by atoms with van der Waals surface area (Å²) in [6.07, 6.45) is 16.0. The summed E-state index contributed by atoms with van der Waals surface area (Å²) in [7, 11) is 0. The van der Waals surface area contributed by atoms with Crippen molar-refractivity contribution in [2.75, 3.05) is 26.4 Å². The Hall–Kier alpha value is -0.120. The highest BCUT2D eigenvalue weighted by atomic mass is 16.6. The fourth-order valence-electron chi connectivity index (χ4n) is 3.06. The van der Waals surface area contributed by atoms with Crippen molar-refractivity contribution in [1.82, 2.24) is 0 Å². The maximum atomic E-state index is 5.98. The Morgan fingerprint density at radius 1 is 0.609 bits per heavy atom. The smallest absolute Gasteiger partial charge is 0.109 e. The van der Waals surface area contributed by atoms with Gasteiger partial charge in [0, 0.05) is 13.2 Å². The molecule has 2 atom stereocenters. The van der Waals surface area contributed by atoms with Gasteiger partial charge in [0.2, 0.25) is 0 Å². The molecule has 1 rings (SSSR count). The van der Waals surface area contributed by atoms with Crippen molar-refractivity contribution in [3.63, 3.8) is 0 Å². The zero-order chi connectivity index (χ0) is 16.6. The molecule has 3 nitrogen and oxygen atoms in total. The topological polar surface area (TPSA) is 27.7 Å².